The highest BCUT2D eigenvalue weighted by Crippen LogP contribution is 2.24. The highest BCUT2D eigenvalue weighted by molar-refractivity contribution is 6.34. The molecule has 0 aliphatic rings. The Labute approximate surface area is 177 Å². The minimum atomic E-state index is -0.689. The number of ether oxygens (including phenoxy) is 1. The number of carbonyl (C=O) groups excluding carboxylic acids is 1. The van der Waals surface area contributed by atoms with E-state index in [4.69, 9.17) is 39.5 Å². The number of esters is 1. The highest BCUT2D eigenvalue weighted by Gasteiger charge is 2.22. The standard InChI is InChI=1S/C18H18Cl3N5O2/c1-26(18-23-13-3-4-14(21)24-16(13)25-18)6-5-22-15(17(27)28-2)10-7-11(19)9-12(20)8-10/h3-4,7-9,15,22H,5-6H2,1-2H3,(H,23,24,25). The maximum Gasteiger partial charge on any atom is 0.327 e. The Bertz CT molecular complexity index is 974. The molecule has 0 radical (unpaired) electrons. The van der Waals surface area contributed by atoms with Gasteiger partial charge in [-0.15, -0.1) is 0 Å². The number of aromatic amines is 1. The van der Waals surface area contributed by atoms with Gasteiger partial charge in [0.15, 0.2) is 5.65 Å². The van der Waals surface area contributed by atoms with E-state index in [-0.39, 0.29) is 0 Å². The summed E-state index contributed by atoms with van der Waals surface area (Å²) in [6.45, 7) is 1.04. The molecule has 0 aliphatic carbocycles. The molecule has 148 valence electrons. The molecule has 1 atom stereocenters. The summed E-state index contributed by atoms with van der Waals surface area (Å²) in [5, 5.41) is 4.45. The molecule has 7 nitrogen and oxygen atoms in total. The first-order valence-electron chi connectivity index (χ1n) is 8.38. The van der Waals surface area contributed by atoms with Crippen LogP contribution in [0.4, 0.5) is 5.95 Å². The van der Waals surface area contributed by atoms with Gasteiger partial charge in [-0.1, -0.05) is 34.8 Å². The number of benzene rings is 1. The highest BCUT2D eigenvalue weighted by atomic mass is 35.5. The fourth-order valence-corrected chi connectivity index (χ4v) is 3.40. The number of carbonyl (C=O) groups is 1. The number of rotatable bonds is 7. The second kappa shape index (κ2) is 8.96. The van der Waals surface area contributed by atoms with Gasteiger partial charge in [0.1, 0.15) is 11.2 Å². The molecule has 2 heterocycles. The van der Waals surface area contributed by atoms with Crippen molar-refractivity contribution in [2.45, 2.75) is 6.04 Å². The largest absolute Gasteiger partial charge is 0.468 e. The summed E-state index contributed by atoms with van der Waals surface area (Å²) in [6, 6.07) is 7.80. The van der Waals surface area contributed by atoms with E-state index >= 15 is 0 Å². The molecule has 0 bridgehead atoms. The van der Waals surface area contributed by atoms with Crippen LogP contribution in [-0.4, -0.2) is 48.2 Å². The van der Waals surface area contributed by atoms with Gasteiger partial charge in [-0.05, 0) is 35.9 Å². The monoisotopic (exact) mass is 441 g/mol. The van der Waals surface area contributed by atoms with Crippen LogP contribution in [0.3, 0.4) is 0 Å². The molecule has 1 aromatic carbocycles. The molecule has 0 saturated carbocycles. The van der Waals surface area contributed by atoms with Crippen molar-refractivity contribution in [1.82, 2.24) is 20.3 Å². The number of fused-ring (bicyclic) bond motifs is 1. The molecule has 1 unspecified atom stereocenters. The first-order valence-corrected chi connectivity index (χ1v) is 9.51. The van der Waals surface area contributed by atoms with Crippen molar-refractivity contribution in [2.75, 3.05) is 32.1 Å². The van der Waals surface area contributed by atoms with E-state index in [0.717, 1.165) is 5.52 Å². The maximum atomic E-state index is 12.2. The van der Waals surface area contributed by atoms with Gasteiger partial charge >= 0.3 is 5.97 Å². The summed E-state index contributed by atoms with van der Waals surface area (Å²) in [4.78, 5) is 25.9. The van der Waals surface area contributed by atoms with Gasteiger partial charge in [0, 0.05) is 30.2 Å². The minimum absolute atomic E-state index is 0.385. The van der Waals surface area contributed by atoms with Gasteiger partial charge in [0.2, 0.25) is 5.95 Å². The lowest BCUT2D eigenvalue weighted by atomic mass is 10.1. The normalized spacial score (nSPS) is 12.2. The number of hydrogen-bond acceptors (Lipinski definition) is 6. The SMILES string of the molecule is COC(=O)C(NCCN(C)c1nc2nc(Cl)ccc2[nH]1)c1cc(Cl)cc(Cl)c1. The topological polar surface area (TPSA) is 83.1 Å². The molecule has 10 heteroatoms. The lowest BCUT2D eigenvalue weighted by molar-refractivity contribution is -0.143. The van der Waals surface area contributed by atoms with E-state index in [2.05, 4.69) is 20.3 Å². The zero-order valence-corrected chi connectivity index (χ0v) is 17.4. The summed E-state index contributed by atoms with van der Waals surface area (Å²) in [5.74, 6) is 0.218. The maximum absolute atomic E-state index is 12.2. The van der Waals surface area contributed by atoms with Crippen molar-refractivity contribution in [3.05, 3.63) is 51.1 Å². The number of aromatic nitrogens is 3. The Morgan fingerprint density at radius 2 is 1.93 bits per heavy atom. The summed E-state index contributed by atoms with van der Waals surface area (Å²) >= 11 is 18.0. The van der Waals surface area contributed by atoms with E-state index in [1.165, 1.54) is 7.11 Å². The third-order valence-electron chi connectivity index (χ3n) is 4.11. The lowest BCUT2D eigenvalue weighted by Crippen LogP contribution is -2.36. The fourth-order valence-electron chi connectivity index (χ4n) is 2.72. The number of nitrogens with one attached hydrogen (secondary N) is 2. The Morgan fingerprint density at radius 3 is 2.61 bits per heavy atom. The zero-order chi connectivity index (χ0) is 20.3. The Hall–Kier alpha value is -2.06. The number of pyridine rings is 1. The van der Waals surface area contributed by atoms with Gasteiger partial charge < -0.3 is 14.6 Å². The van der Waals surface area contributed by atoms with Crippen LogP contribution in [0.2, 0.25) is 15.2 Å². The van der Waals surface area contributed by atoms with Crippen molar-refractivity contribution in [2.24, 2.45) is 0 Å². The van der Waals surface area contributed by atoms with Gasteiger partial charge in [-0.3, -0.25) is 5.32 Å². The predicted octanol–water partition coefficient (Wildman–Crippen LogP) is 3.86. The number of imidazole rings is 1. The second-order valence-corrected chi connectivity index (χ2v) is 7.36. The van der Waals surface area contributed by atoms with E-state index in [9.17, 15) is 4.79 Å². The van der Waals surface area contributed by atoms with Crippen molar-refractivity contribution < 1.29 is 9.53 Å². The van der Waals surface area contributed by atoms with Crippen molar-refractivity contribution in [1.29, 1.82) is 0 Å². The smallest absolute Gasteiger partial charge is 0.327 e. The number of methoxy groups -OCH3 is 1. The predicted molar refractivity (Wildman–Crippen MR) is 111 cm³/mol. The van der Waals surface area contributed by atoms with Gasteiger partial charge in [0.05, 0.1) is 12.6 Å². The Morgan fingerprint density at radius 1 is 1.21 bits per heavy atom. The Kier molecular flexibility index (Phi) is 6.61. The molecular formula is C18H18Cl3N5O2. The third-order valence-corrected chi connectivity index (χ3v) is 4.76. The quantitative estimate of drug-likeness (QED) is 0.427. The van der Waals surface area contributed by atoms with Crippen LogP contribution in [0.1, 0.15) is 11.6 Å². The molecular weight excluding hydrogens is 425 g/mol. The van der Waals surface area contributed by atoms with E-state index in [1.54, 1.807) is 24.3 Å². The third kappa shape index (κ3) is 4.86. The lowest BCUT2D eigenvalue weighted by Gasteiger charge is -2.20. The van der Waals surface area contributed by atoms with Crippen LogP contribution in [0.15, 0.2) is 30.3 Å². The van der Waals surface area contributed by atoms with E-state index in [0.29, 0.717) is 45.4 Å². The summed E-state index contributed by atoms with van der Waals surface area (Å²) in [5.41, 5.74) is 1.97. The van der Waals surface area contributed by atoms with Crippen LogP contribution in [-0.2, 0) is 9.53 Å². The minimum Gasteiger partial charge on any atom is -0.468 e. The van der Waals surface area contributed by atoms with Crippen LogP contribution < -0.4 is 10.2 Å². The molecule has 3 aromatic rings. The van der Waals surface area contributed by atoms with Crippen LogP contribution in [0, 0.1) is 0 Å². The number of H-pyrrole nitrogens is 1. The molecule has 0 amide bonds. The van der Waals surface area contributed by atoms with Crippen LogP contribution in [0.25, 0.3) is 11.2 Å². The number of hydrogen-bond donors (Lipinski definition) is 2. The van der Waals surface area contributed by atoms with Gasteiger partial charge in [-0.2, -0.15) is 4.98 Å². The second-order valence-electron chi connectivity index (χ2n) is 6.10. The first kappa shape index (κ1) is 20.7. The number of anilines is 1. The zero-order valence-electron chi connectivity index (χ0n) is 15.2. The molecule has 2 N–H and O–H groups in total. The van der Waals surface area contributed by atoms with Gasteiger partial charge in [-0.25, -0.2) is 9.78 Å². The van der Waals surface area contributed by atoms with Gasteiger partial charge in [0.25, 0.3) is 0 Å². The van der Waals surface area contributed by atoms with Crippen molar-refractivity contribution >= 4 is 57.9 Å². The van der Waals surface area contributed by atoms with Crippen molar-refractivity contribution in [3.63, 3.8) is 0 Å². The average Bonchev–Trinajstić information content (AvgIpc) is 3.07. The Balaban J connectivity index is 1.68. The molecule has 0 fully saturated rings. The average molecular weight is 443 g/mol. The van der Waals surface area contributed by atoms with E-state index < -0.39 is 12.0 Å². The molecule has 28 heavy (non-hydrogen) atoms. The fraction of sp³-hybridized carbons (Fsp3) is 0.278. The summed E-state index contributed by atoms with van der Waals surface area (Å²) < 4.78 is 4.90. The van der Waals surface area contributed by atoms with Crippen LogP contribution >= 0.6 is 34.8 Å². The van der Waals surface area contributed by atoms with Crippen molar-refractivity contribution in [3.8, 4) is 0 Å². The molecule has 0 aliphatic heterocycles. The first-order chi connectivity index (χ1) is 13.4. The number of nitrogens with zero attached hydrogens (tertiary/aromatic N) is 3. The summed E-state index contributed by atoms with van der Waals surface area (Å²) in [6.07, 6.45) is 0. The molecule has 0 spiro atoms. The number of likely N-dealkylation sites (N-methyl/N-ethyl adjacent to an activating group) is 1. The van der Waals surface area contributed by atoms with E-state index in [1.807, 2.05) is 18.0 Å². The molecule has 2 aromatic heterocycles. The van der Waals surface area contributed by atoms with Crippen LogP contribution in [0.5, 0.6) is 0 Å². The summed E-state index contributed by atoms with van der Waals surface area (Å²) in [7, 11) is 3.21. The molecule has 3 rings (SSSR count). The molecule has 0 saturated heterocycles. The number of halogens is 3.